The van der Waals surface area contributed by atoms with Crippen molar-refractivity contribution in [2.75, 3.05) is 46.6 Å². The maximum Gasteiger partial charge on any atom is 0.254 e. The number of aromatic nitrogens is 4. The molecule has 1 aromatic carbocycles. The standard InChI is InChI=1S/C34H41N7O5/c1-19-24-5-4-20-14-27(41(32(20)37-24)16-22-12-23(22)18-45-10-7-30(42)36-19)33-38-25-13-21(15-29(44-3)31(25)39(33)2)34(43)40-9-6-28-26(17-40)35-8-11-46-28/h4-5,13-15,19,22-23,26,28,35H,6-12,16-18H2,1-3H3,(H,36,42)/t19-,22-,23+,26+,28-/m1/s1. The highest BCUT2D eigenvalue weighted by atomic mass is 16.5. The van der Waals surface area contributed by atoms with Crippen LogP contribution in [0.4, 0.5) is 0 Å². The van der Waals surface area contributed by atoms with E-state index in [1.165, 1.54) is 0 Å². The van der Waals surface area contributed by atoms with Gasteiger partial charge >= 0.3 is 0 Å². The zero-order valence-electron chi connectivity index (χ0n) is 26.6. The molecule has 1 saturated carbocycles. The number of fused-ring (bicyclic) bond motifs is 4. The van der Waals surface area contributed by atoms with Crippen molar-refractivity contribution in [1.29, 1.82) is 0 Å². The monoisotopic (exact) mass is 627 g/mol. The largest absolute Gasteiger partial charge is 0.494 e. The number of pyridine rings is 1. The first-order valence-corrected chi connectivity index (χ1v) is 16.4. The van der Waals surface area contributed by atoms with Crippen LogP contribution in [0.3, 0.4) is 0 Å². The van der Waals surface area contributed by atoms with Crippen LogP contribution in [0.25, 0.3) is 33.6 Å². The van der Waals surface area contributed by atoms with Gasteiger partial charge in [-0.3, -0.25) is 9.59 Å². The average Bonchev–Trinajstić information content (AvgIpc) is 3.60. The van der Waals surface area contributed by atoms with Crippen LogP contribution in [-0.4, -0.2) is 94.5 Å². The Kier molecular flexibility index (Phi) is 7.46. The van der Waals surface area contributed by atoms with Crippen molar-refractivity contribution in [2.45, 2.75) is 50.9 Å². The van der Waals surface area contributed by atoms with Gasteiger partial charge in [0.2, 0.25) is 5.91 Å². The van der Waals surface area contributed by atoms with Gasteiger partial charge in [-0.05, 0) is 61.9 Å². The maximum atomic E-state index is 13.8. The van der Waals surface area contributed by atoms with E-state index in [4.69, 9.17) is 24.2 Å². The highest BCUT2D eigenvalue weighted by Gasteiger charge is 2.39. The van der Waals surface area contributed by atoms with Crippen LogP contribution in [0.2, 0.25) is 0 Å². The molecule has 5 atom stereocenters. The second kappa shape index (κ2) is 11.7. The van der Waals surface area contributed by atoms with E-state index in [0.717, 1.165) is 59.7 Å². The molecule has 2 bridgehead atoms. The van der Waals surface area contributed by atoms with Crippen molar-refractivity contribution in [3.8, 4) is 17.3 Å². The summed E-state index contributed by atoms with van der Waals surface area (Å²) in [6.07, 6.45) is 2.39. The minimum atomic E-state index is -0.233. The number of rotatable bonds is 3. The quantitative estimate of drug-likeness (QED) is 0.355. The normalized spacial score (nSPS) is 26.8. The lowest BCUT2D eigenvalue weighted by atomic mass is 9.99. The highest BCUT2D eigenvalue weighted by molar-refractivity contribution is 6.00. The molecule has 1 aliphatic carbocycles. The van der Waals surface area contributed by atoms with Crippen LogP contribution in [-0.2, 0) is 27.9 Å². The number of piperidine rings is 1. The third-order valence-corrected chi connectivity index (χ3v) is 10.2. The fraction of sp³-hybridized carbons (Fsp3) is 0.529. The van der Waals surface area contributed by atoms with Crippen LogP contribution in [0.1, 0.15) is 48.3 Å². The molecule has 3 fully saturated rings. The van der Waals surface area contributed by atoms with Crippen molar-refractivity contribution >= 4 is 33.9 Å². The average molecular weight is 628 g/mol. The molecule has 0 spiro atoms. The number of carbonyl (C=O) groups is 2. The first-order chi connectivity index (χ1) is 22.4. The minimum Gasteiger partial charge on any atom is -0.494 e. The van der Waals surface area contributed by atoms with Crippen molar-refractivity contribution in [3.05, 3.63) is 41.6 Å². The Morgan fingerprint density at radius 2 is 2.00 bits per heavy atom. The second-order valence-electron chi connectivity index (χ2n) is 13.2. The highest BCUT2D eigenvalue weighted by Crippen LogP contribution is 2.43. The molecule has 3 aliphatic heterocycles. The smallest absolute Gasteiger partial charge is 0.254 e. The Morgan fingerprint density at radius 1 is 1.11 bits per heavy atom. The van der Waals surface area contributed by atoms with Gasteiger partial charge in [-0.15, -0.1) is 0 Å². The van der Waals surface area contributed by atoms with Gasteiger partial charge in [0, 0.05) is 57.2 Å². The summed E-state index contributed by atoms with van der Waals surface area (Å²) in [5, 5.41) is 7.59. The summed E-state index contributed by atoms with van der Waals surface area (Å²) in [7, 11) is 3.63. The number of nitrogens with one attached hydrogen (secondary N) is 2. The van der Waals surface area contributed by atoms with Gasteiger partial charge in [0.05, 0.1) is 55.4 Å². The third-order valence-electron chi connectivity index (χ3n) is 10.2. The van der Waals surface area contributed by atoms with Crippen molar-refractivity contribution in [1.82, 2.24) is 34.6 Å². The summed E-state index contributed by atoms with van der Waals surface area (Å²) in [6.45, 7) is 6.62. The van der Waals surface area contributed by atoms with E-state index in [-0.39, 0.29) is 30.0 Å². The van der Waals surface area contributed by atoms with E-state index in [0.29, 0.717) is 68.0 Å². The predicted octanol–water partition coefficient (Wildman–Crippen LogP) is 3.04. The molecule has 2 amide bonds. The molecule has 12 heteroatoms. The fourth-order valence-corrected chi connectivity index (χ4v) is 7.48. The van der Waals surface area contributed by atoms with Crippen LogP contribution >= 0.6 is 0 Å². The first-order valence-electron chi connectivity index (χ1n) is 16.4. The van der Waals surface area contributed by atoms with Crippen LogP contribution in [0, 0.1) is 11.8 Å². The van der Waals surface area contributed by atoms with Crippen molar-refractivity contribution in [2.24, 2.45) is 18.9 Å². The lowest BCUT2D eigenvalue weighted by molar-refractivity contribution is -0.122. The molecule has 2 N–H and O–H groups in total. The lowest BCUT2D eigenvalue weighted by Crippen LogP contribution is -2.59. The Hall–Kier alpha value is -4.00. The molecule has 4 aromatic rings. The van der Waals surface area contributed by atoms with Crippen LogP contribution in [0.15, 0.2) is 30.3 Å². The van der Waals surface area contributed by atoms with Crippen LogP contribution in [0.5, 0.6) is 5.75 Å². The number of benzene rings is 1. The zero-order valence-corrected chi connectivity index (χ0v) is 26.6. The number of aryl methyl sites for hydroxylation is 1. The summed E-state index contributed by atoms with van der Waals surface area (Å²) in [5.74, 6) is 2.23. The maximum absolute atomic E-state index is 13.8. The number of nitrogens with zero attached hydrogens (tertiary/aromatic N) is 5. The fourth-order valence-electron chi connectivity index (χ4n) is 7.48. The van der Waals surface area contributed by atoms with Gasteiger partial charge in [0.25, 0.3) is 5.91 Å². The molecule has 4 aliphatic rings. The Balaban J connectivity index is 1.19. The Morgan fingerprint density at radius 3 is 2.87 bits per heavy atom. The molecule has 46 heavy (non-hydrogen) atoms. The van der Waals surface area contributed by atoms with Crippen molar-refractivity contribution < 1.29 is 23.8 Å². The number of amides is 2. The summed E-state index contributed by atoms with van der Waals surface area (Å²) in [4.78, 5) is 38.5. The van der Waals surface area contributed by atoms with E-state index >= 15 is 0 Å². The third kappa shape index (κ3) is 5.22. The molecule has 0 radical (unpaired) electrons. The number of morpholine rings is 1. The molecule has 3 aromatic heterocycles. The van der Waals surface area contributed by atoms with E-state index in [1.54, 1.807) is 7.11 Å². The van der Waals surface area contributed by atoms with E-state index in [2.05, 4.69) is 31.9 Å². The van der Waals surface area contributed by atoms with Crippen molar-refractivity contribution in [3.63, 3.8) is 0 Å². The second-order valence-corrected chi connectivity index (χ2v) is 13.2. The number of carbonyl (C=O) groups excluding carboxylic acids is 2. The molecule has 12 nitrogen and oxygen atoms in total. The topological polar surface area (TPSA) is 125 Å². The summed E-state index contributed by atoms with van der Waals surface area (Å²) in [6, 6.07) is 9.85. The van der Waals surface area contributed by atoms with Gasteiger partial charge in [0.15, 0.2) is 5.82 Å². The Bertz CT molecular complexity index is 1830. The molecule has 2 saturated heterocycles. The van der Waals surface area contributed by atoms with Gasteiger partial charge in [-0.2, -0.15) is 0 Å². The van der Waals surface area contributed by atoms with Crippen LogP contribution < -0.4 is 15.4 Å². The summed E-state index contributed by atoms with van der Waals surface area (Å²) < 4.78 is 22.0. The molecular weight excluding hydrogens is 586 g/mol. The molecule has 6 heterocycles. The van der Waals surface area contributed by atoms with Gasteiger partial charge in [0.1, 0.15) is 16.9 Å². The lowest BCUT2D eigenvalue weighted by Gasteiger charge is -2.41. The number of hydrogen-bond donors (Lipinski definition) is 2. The van der Waals surface area contributed by atoms with Gasteiger partial charge in [-0.25, -0.2) is 9.97 Å². The Labute approximate surface area is 267 Å². The minimum absolute atomic E-state index is 0.0274. The van der Waals surface area contributed by atoms with E-state index < -0.39 is 0 Å². The summed E-state index contributed by atoms with van der Waals surface area (Å²) >= 11 is 0. The van der Waals surface area contributed by atoms with Gasteiger partial charge < -0.3 is 38.9 Å². The molecule has 242 valence electrons. The number of imidazole rings is 1. The number of likely N-dealkylation sites (tertiary alicyclic amines) is 1. The van der Waals surface area contributed by atoms with E-state index in [1.807, 2.05) is 37.1 Å². The molecule has 8 rings (SSSR count). The first kappa shape index (κ1) is 29.4. The number of methoxy groups -OCH3 is 1. The van der Waals surface area contributed by atoms with Gasteiger partial charge in [-0.1, -0.05) is 0 Å². The number of ether oxygens (including phenoxy) is 3. The number of hydrogen-bond acceptors (Lipinski definition) is 8. The summed E-state index contributed by atoms with van der Waals surface area (Å²) in [5.41, 5.74) is 4.73. The van der Waals surface area contributed by atoms with E-state index in [9.17, 15) is 9.59 Å². The SMILES string of the molecule is COc1cc(C(=O)N2CC[C@H]3OCCN[C@H]3C2)cc2nc(-c3cc4ccc5nc4n3C[C@H]3C[C@H]3COCCC(=O)N[C@@H]5C)n(C)c12. The zero-order chi connectivity index (χ0) is 31.5. The molecular formula is C34H41N7O5. The molecule has 0 unspecified atom stereocenters. The predicted molar refractivity (Wildman–Crippen MR) is 172 cm³/mol.